The monoisotopic (exact) mass is 380 g/mol. The summed E-state index contributed by atoms with van der Waals surface area (Å²) in [6.45, 7) is 3.66. The van der Waals surface area contributed by atoms with E-state index in [0.29, 0.717) is 11.9 Å². The maximum atomic E-state index is 5.15. The molecule has 0 amide bonds. The molecular weight excluding hydrogens is 356 g/mol. The van der Waals surface area contributed by atoms with Gasteiger partial charge in [0.2, 0.25) is 0 Å². The lowest BCUT2D eigenvalue weighted by atomic mass is 9.79. The predicted molar refractivity (Wildman–Crippen MR) is 108 cm³/mol. The first-order valence-corrected chi connectivity index (χ1v) is 10.6. The number of benzene rings is 1. The zero-order chi connectivity index (χ0) is 18.4. The molecule has 2 fully saturated rings. The van der Waals surface area contributed by atoms with Crippen molar-refractivity contribution in [3.8, 4) is 17.3 Å². The lowest BCUT2D eigenvalue weighted by Crippen LogP contribution is -2.45. The van der Waals surface area contributed by atoms with Crippen molar-refractivity contribution in [1.82, 2.24) is 19.9 Å². The van der Waals surface area contributed by atoms with Gasteiger partial charge in [-0.2, -0.15) is 4.98 Å². The summed E-state index contributed by atoms with van der Waals surface area (Å²) >= 11 is 1.84. The molecule has 5 rings (SSSR count). The van der Waals surface area contributed by atoms with Crippen molar-refractivity contribution in [2.24, 2.45) is 0 Å². The second-order valence-corrected chi connectivity index (χ2v) is 8.78. The van der Waals surface area contributed by atoms with Gasteiger partial charge in [-0.3, -0.25) is 4.90 Å². The molecule has 6 heteroatoms. The molecule has 1 aromatic carbocycles. The molecule has 5 nitrogen and oxygen atoms in total. The summed E-state index contributed by atoms with van der Waals surface area (Å²) in [4.78, 5) is 16.2. The molecule has 1 aliphatic heterocycles. The fourth-order valence-electron chi connectivity index (χ4n) is 4.43. The van der Waals surface area contributed by atoms with Gasteiger partial charge in [-0.25, -0.2) is 9.97 Å². The normalized spacial score (nSPS) is 25.6. The van der Waals surface area contributed by atoms with E-state index in [2.05, 4.69) is 40.0 Å². The second-order valence-electron chi connectivity index (χ2n) is 7.71. The van der Waals surface area contributed by atoms with E-state index in [-0.39, 0.29) is 0 Å². The topological polar surface area (TPSA) is 51.1 Å². The van der Waals surface area contributed by atoms with Crippen molar-refractivity contribution in [3.63, 3.8) is 0 Å². The van der Waals surface area contributed by atoms with Crippen LogP contribution >= 0.6 is 11.3 Å². The summed E-state index contributed by atoms with van der Waals surface area (Å²) < 4.78 is 6.38. The van der Waals surface area contributed by atoms with Crippen molar-refractivity contribution in [2.75, 3.05) is 13.7 Å². The fraction of sp³-hybridized carbons (Fsp3) is 0.476. The highest BCUT2D eigenvalue weighted by Gasteiger charge is 2.39. The standard InChI is InChI=1S/C21H24N4OS/c1-13-4-3-9-25(13)16-10-15(11-16)20-23-18-6-5-14(12-19(18)27-20)17-7-8-22-21(24-17)26-2/h5-8,12-13,15-16H,3-4,9-11H2,1-2H3/t13-,15-,16-/m0/s1. The summed E-state index contributed by atoms with van der Waals surface area (Å²) in [6, 6.07) is 10.2. The van der Waals surface area contributed by atoms with Gasteiger partial charge in [0.05, 0.1) is 28.0 Å². The van der Waals surface area contributed by atoms with Crippen LogP contribution < -0.4 is 4.74 Å². The van der Waals surface area contributed by atoms with Gasteiger partial charge in [0.1, 0.15) is 0 Å². The number of fused-ring (bicyclic) bond motifs is 1. The minimum absolute atomic E-state index is 0.397. The van der Waals surface area contributed by atoms with Gasteiger partial charge in [0.15, 0.2) is 0 Å². The summed E-state index contributed by atoms with van der Waals surface area (Å²) in [5.41, 5.74) is 3.05. The molecule has 1 saturated carbocycles. The Morgan fingerprint density at radius 3 is 2.85 bits per heavy atom. The van der Waals surface area contributed by atoms with Gasteiger partial charge in [0, 0.05) is 29.8 Å². The number of thiazole rings is 1. The molecule has 3 aromatic rings. The summed E-state index contributed by atoms with van der Waals surface area (Å²) in [5.74, 6) is 0.628. The first kappa shape index (κ1) is 17.1. The second kappa shape index (κ2) is 6.84. The minimum atomic E-state index is 0.397. The van der Waals surface area contributed by atoms with Crippen LogP contribution in [0.1, 0.15) is 43.5 Å². The van der Waals surface area contributed by atoms with E-state index in [0.717, 1.165) is 28.9 Å². The van der Waals surface area contributed by atoms with Crippen LogP contribution in [0.3, 0.4) is 0 Å². The first-order valence-electron chi connectivity index (χ1n) is 9.75. The number of ether oxygens (including phenoxy) is 1. The molecule has 27 heavy (non-hydrogen) atoms. The third-order valence-corrected chi connectivity index (χ3v) is 7.23. The zero-order valence-corrected chi connectivity index (χ0v) is 16.6. The highest BCUT2D eigenvalue weighted by Crippen LogP contribution is 2.44. The fourth-order valence-corrected chi connectivity index (χ4v) is 5.57. The van der Waals surface area contributed by atoms with Gasteiger partial charge in [-0.1, -0.05) is 6.07 Å². The third-order valence-electron chi connectivity index (χ3n) is 6.05. The Bertz CT molecular complexity index is 966. The van der Waals surface area contributed by atoms with Crippen molar-refractivity contribution in [1.29, 1.82) is 0 Å². The summed E-state index contributed by atoms with van der Waals surface area (Å²) in [6.07, 6.45) is 6.98. The van der Waals surface area contributed by atoms with Crippen LogP contribution in [0.5, 0.6) is 6.01 Å². The SMILES string of the molecule is COc1nccc(-c2ccc3nc([C@H]4C[C@H](N5CCC[C@@H]5C)C4)sc3c2)n1. The van der Waals surface area contributed by atoms with Crippen molar-refractivity contribution >= 4 is 21.6 Å². The van der Waals surface area contributed by atoms with Crippen molar-refractivity contribution < 1.29 is 4.74 Å². The van der Waals surface area contributed by atoms with Gasteiger partial charge in [0.25, 0.3) is 0 Å². The molecule has 3 heterocycles. The Hall–Kier alpha value is -2.05. The first-order chi connectivity index (χ1) is 13.2. The lowest BCUT2D eigenvalue weighted by Gasteiger charge is -2.42. The number of nitrogens with zero attached hydrogens (tertiary/aromatic N) is 4. The van der Waals surface area contributed by atoms with Crippen LogP contribution in [0, 0.1) is 0 Å². The van der Waals surface area contributed by atoms with Gasteiger partial charge < -0.3 is 4.74 Å². The minimum Gasteiger partial charge on any atom is -0.467 e. The van der Waals surface area contributed by atoms with Gasteiger partial charge in [-0.05, 0) is 57.4 Å². The van der Waals surface area contributed by atoms with E-state index in [1.54, 1.807) is 13.3 Å². The third kappa shape index (κ3) is 3.11. The smallest absolute Gasteiger partial charge is 0.316 e. The Labute approximate surface area is 163 Å². The highest BCUT2D eigenvalue weighted by molar-refractivity contribution is 7.18. The molecule has 0 spiro atoms. The molecule has 0 N–H and O–H groups in total. The van der Waals surface area contributed by atoms with Crippen LogP contribution in [-0.4, -0.2) is 45.6 Å². The van der Waals surface area contributed by atoms with Crippen molar-refractivity contribution in [3.05, 3.63) is 35.5 Å². The zero-order valence-electron chi connectivity index (χ0n) is 15.8. The van der Waals surface area contributed by atoms with Crippen LogP contribution in [0.25, 0.3) is 21.5 Å². The Balaban J connectivity index is 1.35. The molecule has 2 aliphatic rings. The van der Waals surface area contributed by atoms with E-state index < -0.39 is 0 Å². The molecular formula is C21H24N4OS. The molecule has 0 unspecified atom stereocenters. The number of hydrogen-bond donors (Lipinski definition) is 0. The average Bonchev–Trinajstić information content (AvgIpc) is 3.26. The number of hydrogen-bond acceptors (Lipinski definition) is 6. The van der Waals surface area contributed by atoms with Gasteiger partial charge >= 0.3 is 6.01 Å². The van der Waals surface area contributed by atoms with Gasteiger partial charge in [-0.15, -0.1) is 11.3 Å². The Morgan fingerprint density at radius 1 is 1.19 bits per heavy atom. The maximum absolute atomic E-state index is 5.15. The highest BCUT2D eigenvalue weighted by atomic mass is 32.1. The van der Waals surface area contributed by atoms with Crippen molar-refractivity contribution in [2.45, 2.75) is 50.6 Å². The van der Waals surface area contributed by atoms with Crippen LogP contribution in [-0.2, 0) is 0 Å². The molecule has 0 bridgehead atoms. The largest absolute Gasteiger partial charge is 0.467 e. The average molecular weight is 381 g/mol. The molecule has 1 aliphatic carbocycles. The Kier molecular flexibility index (Phi) is 4.32. The molecule has 1 atom stereocenters. The maximum Gasteiger partial charge on any atom is 0.316 e. The van der Waals surface area contributed by atoms with E-state index in [1.165, 1.54) is 41.9 Å². The Morgan fingerprint density at radius 2 is 2.07 bits per heavy atom. The van der Waals surface area contributed by atoms with E-state index in [1.807, 2.05) is 17.4 Å². The van der Waals surface area contributed by atoms with E-state index in [9.17, 15) is 0 Å². The predicted octanol–water partition coefficient (Wildman–Crippen LogP) is 4.49. The quantitative estimate of drug-likeness (QED) is 0.667. The number of aromatic nitrogens is 3. The molecule has 2 aromatic heterocycles. The van der Waals surface area contributed by atoms with Crippen LogP contribution in [0.15, 0.2) is 30.5 Å². The molecule has 0 radical (unpaired) electrons. The summed E-state index contributed by atoms with van der Waals surface area (Å²) in [5, 5.41) is 1.30. The molecule has 140 valence electrons. The number of methoxy groups -OCH3 is 1. The number of likely N-dealkylation sites (tertiary alicyclic amines) is 1. The lowest BCUT2D eigenvalue weighted by molar-refractivity contribution is 0.103. The van der Waals surface area contributed by atoms with E-state index >= 15 is 0 Å². The summed E-state index contributed by atoms with van der Waals surface area (Å²) in [7, 11) is 1.59. The van der Waals surface area contributed by atoms with Crippen LogP contribution in [0.2, 0.25) is 0 Å². The number of rotatable bonds is 4. The molecule has 1 saturated heterocycles. The van der Waals surface area contributed by atoms with Crippen LogP contribution in [0.4, 0.5) is 0 Å². The van der Waals surface area contributed by atoms with E-state index in [4.69, 9.17) is 9.72 Å².